The van der Waals surface area contributed by atoms with Crippen molar-refractivity contribution in [1.29, 1.82) is 0 Å². The van der Waals surface area contributed by atoms with Gasteiger partial charge in [0.2, 0.25) is 5.91 Å². The number of aromatic nitrogens is 2. The number of rotatable bonds is 5. The molecule has 0 saturated carbocycles. The Kier molecular flexibility index (Phi) is 5.17. The zero-order chi connectivity index (χ0) is 18.7. The van der Waals surface area contributed by atoms with Crippen LogP contribution in [-0.4, -0.2) is 48.9 Å². The standard InChI is InChI=1S/C17H19FN4O4/c1-25-13-8-11(2-3-12(13)18)22-16(9-14(19)23)20-15(10-17(22)24)21-4-6-26-7-5-21/h2-3,8,10H,4-7,9H2,1H3,(H2,19,23). The van der Waals surface area contributed by atoms with Crippen molar-refractivity contribution in [2.45, 2.75) is 6.42 Å². The Morgan fingerprint density at radius 2 is 2.08 bits per heavy atom. The van der Waals surface area contributed by atoms with Gasteiger partial charge in [-0.2, -0.15) is 0 Å². The van der Waals surface area contributed by atoms with Gasteiger partial charge in [-0.25, -0.2) is 9.37 Å². The monoisotopic (exact) mass is 362 g/mol. The molecule has 0 unspecified atom stereocenters. The number of nitrogens with two attached hydrogens (primary N) is 1. The molecule has 3 rings (SSSR count). The van der Waals surface area contributed by atoms with E-state index in [1.165, 1.54) is 35.9 Å². The van der Waals surface area contributed by atoms with Crippen molar-refractivity contribution in [2.75, 3.05) is 38.3 Å². The lowest BCUT2D eigenvalue weighted by Gasteiger charge is -2.28. The van der Waals surface area contributed by atoms with Gasteiger partial charge in [-0.05, 0) is 12.1 Å². The fourth-order valence-corrected chi connectivity index (χ4v) is 2.81. The summed E-state index contributed by atoms with van der Waals surface area (Å²) in [6.45, 7) is 2.25. The lowest BCUT2D eigenvalue weighted by Crippen LogP contribution is -2.38. The van der Waals surface area contributed by atoms with Gasteiger partial charge in [0.1, 0.15) is 11.6 Å². The predicted molar refractivity (Wildman–Crippen MR) is 92.3 cm³/mol. The topological polar surface area (TPSA) is 99.7 Å². The molecular weight excluding hydrogens is 343 g/mol. The summed E-state index contributed by atoms with van der Waals surface area (Å²) in [6.07, 6.45) is -0.229. The minimum atomic E-state index is -0.626. The molecule has 2 heterocycles. The number of carbonyl (C=O) groups is 1. The Morgan fingerprint density at radius 1 is 1.35 bits per heavy atom. The van der Waals surface area contributed by atoms with Crippen molar-refractivity contribution in [1.82, 2.24) is 9.55 Å². The summed E-state index contributed by atoms with van der Waals surface area (Å²) in [4.78, 5) is 30.6. The molecule has 0 spiro atoms. The molecular formula is C17H19FN4O4. The Labute approximate surface area is 149 Å². The van der Waals surface area contributed by atoms with Gasteiger partial charge in [-0.15, -0.1) is 0 Å². The summed E-state index contributed by atoms with van der Waals surface area (Å²) < 4.78 is 25.2. The second-order valence-electron chi connectivity index (χ2n) is 5.77. The quantitative estimate of drug-likeness (QED) is 0.818. The van der Waals surface area contributed by atoms with Crippen LogP contribution in [0.5, 0.6) is 5.75 Å². The van der Waals surface area contributed by atoms with Gasteiger partial charge in [0.15, 0.2) is 11.6 Å². The van der Waals surface area contributed by atoms with E-state index in [4.69, 9.17) is 15.2 Å². The van der Waals surface area contributed by atoms with E-state index in [1.807, 2.05) is 4.90 Å². The number of hydrogen-bond acceptors (Lipinski definition) is 6. The lowest BCUT2D eigenvalue weighted by molar-refractivity contribution is -0.117. The number of methoxy groups -OCH3 is 1. The number of hydrogen-bond donors (Lipinski definition) is 1. The van der Waals surface area contributed by atoms with Crippen LogP contribution in [0.3, 0.4) is 0 Å². The molecule has 2 aromatic rings. The van der Waals surface area contributed by atoms with Crippen LogP contribution in [0, 0.1) is 5.82 Å². The van der Waals surface area contributed by atoms with Crippen LogP contribution in [0.2, 0.25) is 0 Å². The van der Waals surface area contributed by atoms with Gasteiger partial charge in [-0.3, -0.25) is 14.2 Å². The number of halogens is 1. The number of nitrogens with zero attached hydrogens (tertiary/aromatic N) is 3. The first-order valence-electron chi connectivity index (χ1n) is 8.07. The molecule has 8 nitrogen and oxygen atoms in total. The summed E-state index contributed by atoms with van der Waals surface area (Å²) in [5, 5.41) is 0. The van der Waals surface area contributed by atoms with Crippen LogP contribution in [0.1, 0.15) is 5.82 Å². The average Bonchev–Trinajstić information content (AvgIpc) is 2.62. The number of amides is 1. The van der Waals surface area contributed by atoms with E-state index in [1.54, 1.807) is 0 Å². The highest BCUT2D eigenvalue weighted by molar-refractivity contribution is 5.76. The van der Waals surface area contributed by atoms with Crippen molar-refractivity contribution in [3.05, 3.63) is 46.3 Å². The van der Waals surface area contributed by atoms with Crippen LogP contribution < -0.4 is 20.9 Å². The third-order valence-corrected chi connectivity index (χ3v) is 4.04. The number of benzene rings is 1. The molecule has 9 heteroatoms. The van der Waals surface area contributed by atoms with Gasteiger partial charge in [0.25, 0.3) is 5.56 Å². The molecule has 1 saturated heterocycles. The van der Waals surface area contributed by atoms with Gasteiger partial charge in [0.05, 0.1) is 32.4 Å². The third-order valence-electron chi connectivity index (χ3n) is 4.04. The number of primary amides is 1. The Bertz CT molecular complexity index is 878. The third kappa shape index (κ3) is 3.67. The number of ether oxygens (including phenoxy) is 2. The maximum Gasteiger partial charge on any atom is 0.260 e. The van der Waals surface area contributed by atoms with Crippen LogP contribution in [0.25, 0.3) is 5.69 Å². The zero-order valence-electron chi connectivity index (χ0n) is 14.3. The first-order chi connectivity index (χ1) is 12.5. The minimum absolute atomic E-state index is 0.0170. The van der Waals surface area contributed by atoms with E-state index >= 15 is 0 Å². The van der Waals surface area contributed by atoms with Gasteiger partial charge >= 0.3 is 0 Å². The molecule has 0 aliphatic carbocycles. The van der Waals surface area contributed by atoms with Gasteiger partial charge < -0.3 is 20.1 Å². The predicted octanol–water partition coefficient (Wildman–Crippen LogP) is 0.245. The molecule has 1 aromatic carbocycles. The van der Waals surface area contributed by atoms with Crippen molar-refractivity contribution in [2.24, 2.45) is 5.73 Å². The molecule has 1 aliphatic rings. The normalized spacial score (nSPS) is 14.3. The van der Waals surface area contributed by atoms with Crippen LogP contribution in [0.15, 0.2) is 29.1 Å². The van der Waals surface area contributed by atoms with Crippen LogP contribution in [-0.2, 0) is 16.0 Å². The molecule has 1 aromatic heterocycles. The van der Waals surface area contributed by atoms with E-state index in [-0.39, 0.29) is 18.0 Å². The van der Waals surface area contributed by atoms with E-state index in [0.717, 1.165) is 0 Å². The summed E-state index contributed by atoms with van der Waals surface area (Å²) in [5.74, 6) is -0.561. The first kappa shape index (κ1) is 17.9. The van der Waals surface area contributed by atoms with E-state index in [0.29, 0.717) is 37.8 Å². The largest absolute Gasteiger partial charge is 0.494 e. The highest BCUT2D eigenvalue weighted by Gasteiger charge is 2.19. The van der Waals surface area contributed by atoms with Crippen molar-refractivity contribution < 1.29 is 18.7 Å². The van der Waals surface area contributed by atoms with Crippen molar-refractivity contribution in [3.63, 3.8) is 0 Å². The fourth-order valence-electron chi connectivity index (χ4n) is 2.81. The summed E-state index contributed by atoms with van der Waals surface area (Å²) in [7, 11) is 1.33. The fraction of sp³-hybridized carbons (Fsp3) is 0.353. The molecule has 1 amide bonds. The first-order valence-corrected chi connectivity index (χ1v) is 8.07. The second-order valence-corrected chi connectivity index (χ2v) is 5.77. The van der Waals surface area contributed by atoms with Crippen molar-refractivity contribution >= 4 is 11.7 Å². The summed E-state index contributed by atoms with van der Waals surface area (Å²) in [6, 6.07) is 5.35. The molecule has 0 radical (unpaired) electrons. The summed E-state index contributed by atoms with van der Waals surface area (Å²) >= 11 is 0. The van der Waals surface area contributed by atoms with Gasteiger partial charge in [0, 0.05) is 25.2 Å². The van der Waals surface area contributed by atoms with Crippen LogP contribution in [0.4, 0.5) is 10.2 Å². The second kappa shape index (κ2) is 7.52. The average molecular weight is 362 g/mol. The van der Waals surface area contributed by atoms with Crippen molar-refractivity contribution in [3.8, 4) is 11.4 Å². The Morgan fingerprint density at radius 3 is 2.73 bits per heavy atom. The zero-order valence-corrected chi connectivity index (χ0v) is 14.3. The molecule has 2 N–H and O–H groups in total. The van der Waals surface area contributed by atoms with E-state index in [9.17, 15) is 14.0 Å². The molecule has 1 aliphatic heterocycles. The number of morpholine rings is 1. The van der Waals surface area contributed by atoms with E-state index < -0.39 is 17.3 Å². The number of anilines is 1. The molecule has 26 heavy (non-hydrogen) atoms. The lowest BCUT2D eigenvalue weighted by atomic mass is 10.2. The number of carbonyl (C=O) groups excluding carboxylic acids is 1. The Balaban J connectivity index is 2.11. The SMILES string of the molecule is COc1cc(-n2c(CC(N)=O)nc(N3CCOCC3)cc2=O)ccc1F. The summed E-state index contributed by atoms with van der Waals surface area (Å²) in [5.41, 5.74) is 5.26. The molecule has 0 bridgehead atoms. The van der Waals surface area contributed by atoms with Crippen LogP contribution >= 0.6 is 0 Å². The molecule has 1 fully saturated rings. The molecule has 0 atom stereocenters. The minimum Gasteiger partial charge on any atom is -0.494 e. The van der Waals surface area contributed by atoms with E-state index in [2.05, 4.69) is 4.98 Å². The van der Waals surface area contributed by atoms with Gasteiger partial charge in [-0.1, -0.05) is 0 Å². The Hall–Kier alpha value is -2.94. The maximum atomic E-state index is 13.7. The highest BCUT2D eigenvalue weighted by atomic mass is 19.1. The molecule has 138 valence electrons. The smallest absolute Gasteiger partial charge is 0.260 e. The highest BCUT2D eigenvalue weighted by Crippen LogP contribution is 2.22. The maximum absolute atomic E-state index is 13.7.